The Morgan fingerprint density at radius 2 is 1.19 bits per heavy atom. The lowest BCUT2D eigenvalue weighted by Gasteiger charge is -2.58. The van der Waals surface area contributed by atoms with Gasteiger partial charge in [-0.15, -0.1) is 0 Å². The summed E-state index contributed by atoms with van der Waals surface area (Å²) in [6.45, 7) is 10.8. The lowest BCUT2D eigenvalue weighted by molar-refractivity contribution is -0.388. The monoisotopic (exact) mass is 1050 g/mol. The molecule has 0 radical (unpaired) electrons. The third-order valence-corrected chi connectivity index (χ3v) is 19.9. The van der Waals surface area contributed by atoms with Crippen LogP contribution in [0.2, 0.25) is 0 Å². The maximum Gasteiger partial charge on any atom is 0.187 e. The molecule has 9 fully saturated rings. The van der Waals surface area contributed by atoms with E-state index in [1.807, 2.05) is 6.92 Å². The Morgan fingerprint density at radius 3 is 1.84 bits per heavy atom. The molecule has 0 amide bonds. The van der Waals surface area contributed by atoms with Crippen molar-refractivity contribution < 1.29 is 109 Å². The van der Waals surface area contributed by atoms with Gasteiger partial charge in [0.25, 0.3) is 0 Å². The first-order valence-electron chi connectivity index (χ1n) is 26.8. The first-order valence-corrected chi connectivity index (χ1v) is 26.8. The number of aliphatic hydroxyl groups is 12. The lowest BCUT2D eigenvalue weighted by atomic mass is 9.47. The summed E-state index contributed by atoms with van der Waals surface area (Å²) in [7, 11) is 0. The van der Waals surface area contributed by atoms with Crippen LogP contribution in [0.5, 0.6) is 0 Å². The summed E-state index contributed by atoms with van der Waals surface area (Å²) in [6.07, 6.45) is -19.7. The summed E-state index contributed by atoms with van der Waals surface area (Å²) >= 11 is 0. The molecule has 418 valence electrons. The zero-order valence-corrected chi connectivity index (χ0v) is 42.6. The fourth-order valence-corrected chi connectivity index (χ4v) is 15.6. The van der Waals surface area contributed by atoms with Crippen molar-refractivity contribution in [3.63, 3.8) is 0 Å². The summed E-state index contributed by atoms with van der Waals surface area (Å²) in [5.74, 6) is 0.803. The van der Waals surface area contributed by atoms with E-state index in [1.54, 1.807) is 0 Å². The van der Waals surface area contributed by atoms with Crippen molar-refractivity contribution in [3.05, 3.63) is 11.6 Å². The van der Waals surface area contributed by atoms with Gasteiger partial charge >= 0.3 is 0 Å². The lowest BCUT2D eigenvalue weighted by Crippen LogP contribution is -2.66. The van der Waals surface area contributed by atoms with Gasteiger partial charge in [0.1, 0.15) is 85.5 Å². The smallest absolute Gasteiger partial charge is 0.187 e. The van der Waals surface area contributed by atoms with Crippen molar-refractivity contribution in [3.8, 4) is 0 Å². The summed E-state index contributed by atoms with van der Waals surface area (Å²) in [6, 6.07) is 0. The van der Waals surface area contributed by atoms with E-state index >= 15 is 0 Å². The minimum atomic E-state index is -1.74. The van der Waals surface area contributed by atoms with Gasteiger partial charge in [-0.3, -0.25) is 0 Å². The fraction of sp³-hybridized carbons (Fsp3) is 0.961. The molecule has 22 nitrogen and oxygen atoms in total. The standard InChI is InChI=1S/C51H82O22/c1-20-31-28(72-51(20)14-13-48(4,73-51)19-64-44-38(60)37(59)34(56)29(17-52)68-44)16-27-25-8-7-23-15-24(9-11-49(23,5)26(25)10-12-50(27,31)6)67-47-43(71-46-40(62)36(58)33(55)22(3)66-46)41(63)42(30(18-53)69-47)70-45-39(61)35(57)32(54)21(2)65-45/h7,20-22,24-47,52-63H,8-19H2,1-6H3/t20-,21-,22-,24-,25+,26-,27-,28-,29+,30+,31-,32-,33-,34+,35+,36+,37-,38+,39+,40+,41-,42+,43+,44+,45-,46-,47+,48-,49-,50-,51-/m0/s1. The molecule has 0 aromatic carbocycles. The molecule has 73 heavy (non-hydrogen) atoms. The number of aliphatic hydroxyl groups excluding tert-OH is 12. The van der Waals surface area contributed by atoms with Gasteiger partial charge in [0, 0.05) is 12.3 Å². The molecule has 4 aliphatic carbocycles. The van der Waals surface area contributed by atoms with Crippen LogP contribution in [0.3, 0.4) is 0 Å². The molecule has 0 unspecified atom stereocenters. The Morgan fingerprint density at radius 1 is 0.589 bits per heavy atom. The maximum absolute atomic E-state index is 12.1. The summed E-state index contributed by atoms with van der Waals surface area (Å²) in [4.78, 5) is 0. The van der Waals surface area contributed by atoms with E-state index in [4.69, 9.17) is 47.4 Å². The SMILES string of the molecule is C[C@@H]1O[C@@H](O[C@H]2[C@H](O[C@H]3CC[C@@]4(C)C(=CC[C@H]5[C@@H]6C[C@@H]7O[C@]8(CC[C@@](C)(CO[C@@H]9O[C@H](CO)[C@@H](O)[C@H](O)[C@H]9O)O8)[C@@H](C)[C@@H]7[C@@]6(C)CC[C@@H]54)C3)O[C@H](CO)[C@@H](O[C@@H]3O[C@@H](C)[C@H](O)[C@@H](O)[C@H]3O)[C@@H]2O)[C@H](O)[C@H](O)[C@H]1O. The second kappa shape index (κ2) is 20.5. The van der Waals surface area contributed by atoms with Crippen molar-refractivity contribution in [1.82, 2.24) is 0 Å². The number of allylic oxidation sites excluding steroid dienone is 1. The summed E-state index contributed by atoms with van der Waals surface area (Å²) in [5, 5.41) is 127. The first-order chi connectivity index (χ1) is 34.5. The van der Waals surface area contributed by atoms with Gasteiger partial charge in [-0.2, -0.15) is 0 Å². The van der Waals surface area contributed by atoms with Crippen LogP contribution in [-0.4, -0.2) is 228 Å². The Bertz CT molecular complexity index is 1970. The molecule has 12 N–H and O–H groups in total. The zero-order valence-electron chi connectivity index (χ0n) is 42.6. The normalized spacial score (nSPS) is 58.0. The molecule has 10 rings (SSSR count). The van der Waals surface area contributed by atoms with E-state index < -0.39 is 154 Å². The minimum absolute atomic E-state index is 0.00694. The molecule has 31 atom stereocenters. The molecular weight excluding hydrogens is 965 g/mol. The number of rotatable bonds is 11. The number of fused-ring (bicyclic) bond motifs is 7. The molecule has 0 aromatic rings. The largest absolute Gasteiger partial charge is 0.394 e. The predicted octanol–water partition coefficient (Wildman–Crippen LogP) is -1.82. The van der Waals surface area contributed by atoms with E-state index in [1.165, 1.54) is 19.4 Å². The third-order valence-electron chi connectivity index (χ3n) is 19.9. The predicted molar refractivity (Wildman–Crippen MR) is 247 cm³/mol. The molecule has 10 aliphatic rings. The fourth-order valence-electron chi connectivity index (χ4n) is 15.6. The maximum atomic E-state index is 12.1. The molecule has 0 aromatic heterocycles. The van der Waals surface area contributed by atoms with Gasteiger partial charge in [0.2, 0.25) is 0 Å². The topological polar surface area (TPSA) is 335 Å². The Balaban J connectivity index is 0.809. The van der Waals surface area contributed by atoms with Crippen molar-refractivity contribution in [2.75, 3.05) is 19.8 Å². The van der Waals surface area contributed by atoms with Gasteiger partial charge in [-0.25, -0.2) is 0 Å². The van der Waals surface area contributed by atoms with Gasteiger partial charge in [-0.1, -0.05) is 32.4 Å². The van der Waals surface area contributed by atoms with Crippen LogP contribution in [0, 0.1) is 40.4 Å². The van der Waals surface area contributed by atoms with E-state index in [0.29, 0.717) is 43.4 Å². The highest BCUT2D eigenvalue weighted by atomic mass is 16.8. The second-order valence-corrected chi connectivity index (χ2v) is 24.2. The summed E-state index contributed by atoms with van der Waals surface area (Å²) in [5.41, 5.74) is 0.394. The van der Waals surface area contributed by atoms with Gasteiger partial charge < -0.3 is 109 Å². The highest BCUT2D eigenvalue weighted by Crippen LogP contribution is 2.71. The average Bonchev–Trinajstić information content (AvgIpc) is 3.97. The molecule has 22 heteroatoms. The third kappa shape index (κ3) is 9.32. The van der Waals surface area contributed by atoms with Gasteiger partial charge in [0.15, 0.2) is 30.9 Å². The van der Waals surface area contributed by atoms with Crippen molar-refractivity contribution in [2.45, 2.75) is 246 Å². The van der Waals surface area contributed by atoms with Gasteiger partial charge in [0.05, 0.1) is 49.8 Å². The molecule has 6 saturated heterocycles. The van der Waals surface area contributed by atoms with E-state index in [0.717, 1.165) is 32.1 Å². The average molecular weight is 1050 g/mol. The molecule has 6 heterocycles. The quantitative estimate of drug-likeness (QED) is 0.101. The Kier molecular flexibility index (Phi) is 15.5. The van der Waals surface area contributed by atoms with Crippen LogP contribution in [0.1, 0.15) is 99.3 Å². The zero-order chi connectivity index (χ0) is 52.4. The second-order valence-electron chi connectivity index (χ2n) is 24.2. The Hall–Kier alpha value is -1.14. The van der Waals surface area contributed by atoms with Crippen LogP contribution in [0.25, 0.3) is 0 Å². The molecule has 1 spiro atoms. The van der Waals surface area contributed by atoms with Crippen LogP contribution in [0.4, 0.5) is 0 Å². The number of ether oxygens (including phenoxy) is 10. The van der Waals surface area contributed by atoms with Crippen LogP contribution >= 0.6 is 0 Å². The highest BCUT2D eigenvalue weighted by Gasteiger charge is 2.70. The van der Waals surface area contributed by atoms with E-state index in [2.05, 4.69) is 26.8 Å². The van der Waals surface area contributed by atoms with Crippen LogP contribution in [-0.2, 0) is 47.4 Å². The van der Waals surface area contributed by atoms with Gasteiger partial charge in [-0.05, 0) is 107 Å². The van der Waals surface area contributed by atoms with E-state index in [-0.39, 0.29) is 35.4 Å². The molecular formula is C51H82O22. The van der Waals surface area contributed by atoms with Crippen LogP contribution < -0.4 is 0 Å². The molecule has 0 bridgehead atoms. The summed E-state index contributed by atoms with van der Waals surface area (Å²) < 4.78 is 62.3. The number of hydrogen-bond donors (Lipinski definition) is 12. The van der Waals surface area contributed by atoms with Crippen molar-refractivity contribution in [2.24, 2.45) is 40.4 Å². The molecule has 6 aliphatic heterocycles. The Labute approximate surface area is 425 Å². The minimum Gasteiger partial charge on any atom is -0.394 e. The van der Waals surface area contributed by atoms with Crippen LogP contribution in [0.15, 0.2) is 11.6 Å². The molecule has 3 saturated carbocycles. The van der Waals surface area contributed by atoms with Crippen molar-refractivity contribution >= 4 is 0 Å². The number of hydrogen-bond acceptors (Lipinski definition) is 22. The van der Waals surface area contributed by atoms with Crippen molar-refractivity contribution in [1.29, 1.82) is 0 Å². The van der Waals surface area contributed by atoms with E-state index in [9.17, 15) is 61.3 Å². The highest BCUT2D eigenvalue weighted by molar-refractivity contribution is 5.27. The first kappa shape index (κ1) is 55.2.